The number of benzene rings is 2. The van der Waals surface area contributed by atoms with Crippen molar-refractivity contribution in [2.45, 2.75) is 13.3 Å². The van der Waals surface area contributed by atoms with Crippen LogP contribution >= 0.6 is 11.6 Å². The summed E-state index contributed by atoms with van der Waals surface area (Å²) in [5.74, 6) is 0.990. The van der Waals surface area contributed by atoms with Crippen LogP contribution in [-0.4, -0.2) is 6.54 Å². The number of nitrogens with two attached hydrogens (primary N) is 1. The number of ether oxygens (including phenoxy) is 1. The van der Waals surface area contributed by atoms with Gasteiger partial charge < -0.3 is 10.5 Å². The maximum Gasteiger partial charge on any atom is 0.132 e. The molecular weight excluding hydrogens is 265 g/mol. The third kappa shape index (κ3) is 3.25. The zero-order valence-corrected chi connectivity index (χ0v) is 11.4. The van der Waals surface area contributed by atoms with Crippen LogP contribution in [-0.2, 0) is 6.42 Å². The van der Waals surface area contributed by atoms with Gasteiger partial charge in [-0.15, -0.1) is 0 Å². The Morgan fingerprint density at radius 2 is 2.05 bits per heavy atom. The topological polar surface area (TPSA) is 35.2 Å². The van der Waals surface area contributed by atoms with E-state index in [0.717, 1.165) is 5.56 Å². The lowest BCUT2D eigenvalue weighted by Gasteiger charge is -2.12. The first kappa shape index (κ1) is 13.8. The number of aryl methyl sites for hydroxylation is 1. The van der Waals surface area contributed by atoms with Crippen LogP contribution < -0.4 is 10.5 Å². The fourth-order valence-electron chi connectivity index (χ4n) is 1.83. The highest BCUT2D eigenvalue weighted by atomic mass is 35.5. The van der Waals surface area contributed by atoms with Crippen molar-refractivity contribution in [2.24, 2.45) is 5.73 Å². The molecule has 0 spiro atoms. The summed E-state index contributed by atoms with van der Waals surface area (Å²) in [4.78, 5) is 0. The Kier molecular flexibility index (Phi) is 4.40. The average molecular weight is 280 g/mol. The molecule has 0 saturated heterocycles. The number of halogens is 2. The van der Waals surface area contributed by atoms with Crippen molar-refractivity contribution in [3.63, 3.8) is 0 Å². The maximum atomic E-state index is 13.2. The van der Waals surface area contributed by atoms with Gasteiger partial charge in [-0.05, 0) is 55.8 Å². The molecule has 0 aliphatic rings. The van der Waals surface area contributed by atoms with E-state index in [1.165, 1.54) is 6.07 Å². The zero-order chi connectivity index (χ0) is 13.8. The molecule has 2 aromatic carbocycles. The summed E-state index contributed by atoms with van der Waals surface area (Å²) < 4.78 is 19.0. The van der Waals surface area contributed by atoms with Crippen LogP contribution in [0.1, 0.15) is 11.1 Å². The molecule has 2 rings (SSSR count). The molecular formula is C15H15ClFNO. The Bertz CT molecular complexity index is 586. The van der Waals surface area contributed by atoms with Gasteiger partial charge >= 0.3 is 0 Å². The first-order valence-corrected chi connectivity index (χ1v) is 6.41. The van der Waals surface area contributed by atoms with E-state index in [1.807, 2.05) is 12.1 Å². The molecule has 0 atom stereocenters. The lowest BCUT2D eigenvalue weighted by molar-refractivity contribution is 0.473. The Labute approximate surface area is 117 Å². The Hall–Kier alpha value is -1.58. The summed E-state index contributed by atoms with van der Waals surface area (Å²) in [6.07, 6.45) is 0.634. The maximum absolute atomic E-state index is 13.2. The molecule has 0 radical (unpaired) electrons. The molecule has 2 nitrogen and oxygen atoms in total. The third-order valence-corrected chi connectivity index (χ3v) is 3.18. The van der Waals surface area contributed by atoms with Crippen molar-refractivity contribution in [3.05, 3.63) is 58.4 Å². The summed E-state index contributed by atoms with van der Waals surface area (Å²) in [6, 6.07) is 10.1. The van der Waals surface area contributed by atoms with Gasteiger partial charge in [-0.2, -0.15) is 0 Å². The molecule has 2 aromatic rings. The number of rotatable bonds is 4. The Balaban J connectivity index is 2.32. The fourth-order valence-corrected chi connectivity index (χ4v) is 2.09. The minimum absolute atomic E-state index is 0.249. The van der Waals surface area contributed by atoms with Crippen molar-refractivity contribution in [1.82, 2.24) is 0 Å². The molecule has 4 heteroatoms. The van der Waals surface area contributed by atoms with Gasteiger partial charge in [0, 0.05) is 10.6 Å². The zero-order valence-electron chi connectivity index (χ0n) is 10.6. The van der Waals surface area contributed by atoms with Crippen molar-refractivity contribution in [1.29, 1.82) is 0 Å². The molecule has 0 aliphatic carbocycles. The second kappa shape index (κ2) is 6.04. The standard InChI is InChI=1S/C15H15ClFNO/c1-10-9-11(5-6-14(10)17)19-15-4-2-3-13(16)12(15)7-8-18/h2-6,9H,7-8,18H2,1H3. The van der Waals surface area contributed by atoms with Crippen molar-refractivity contribution < 1.29 is 9.13 Å². The number of hydrogen-bond acceptors (Lipinski definition) is 2. The van der Waals surface area contributed by atoms with Crippen LogP contribution in [0.3, 0.4) is 0 Å². The normalized spacial score (nSPS) is 10.5. The van der Waals surface area contributed by atoms with Crippen LogP contribution in [0.4, 0.5) is 4.39 Å². The van der Waals surface area contributed by atoms with Crippen molar-refractivity contribution in [3.8, 4) is 11.5 Å². The summed E-state index contributed by atoms with van der Waals surface area (Å²) >= 11 is 6.14. The van der Waals surface area contributed by atoms with Gasteiger partial charge in [0.05, 0.1) is 0 Å². The van der Waals surface area contributed by atoms with Crippen LogP contribution in [0.2, 0.25) is 5.02 Å². The van der Waals surface area contributed by atoms with E-state index in [2.05, 4.69) is 0 Å². The predicted molar refractivity (Wildman–Crippen MR) is 75.4 cm³/mol. The highest BCUT2D eigenvalue weighted by Gasteiger charge is 2.09. The van der Waals surface area contributed by atoms with Gasteiger partial charge in [-0.3, -0.25) is 0 Å². The van der Waals surface area contributed by atoms with E-state index in [1.54, 1.807) is 25.1 Å². The van der Waals surface area contributed by atoms with Crippen molar-refractivity contribution >= 4 is 11.6 Å². The van der Waals surface area contributed by atoms with Crippen LogP contribution in [0.5, 0.6) is 11.5 Å². The highest BCUT2D eigenvalue weighted by molar-refractivity contribution is 6.31. The SMILES string of the molecule is Cc1cc(Oc2cccc(Cl)c2CCN)ccc1F. The molecule has 100 valence electrons. The summed E-state index contributed by atoms with van der Waals surface area (Å²) in [6.45, 7) is 2.18. The molecule has 0 bridgehead atoms. The van der Waals surface area contributed by atoms with Gasteiger partial charge in [0.1, 0.15) is 17.3 Å². The van der Waals surface area contributed by atoms with E-state index in [4.69, 9.17) is 22.1 Å². The van der Waals surface area contributed by atoms with E-state index >= 15 is 0 Å². The van der Waals surface area contributed by atoms with Crippen molar-refractivity contribution in [2.75, 3.05) is 6.54 Å². The third-order valence-electron chi connectivity index (χ3n) is 2.83. The second-order valence-electron chi connectivity index (χ2n) is 4.27. The molecule has 19 heavy (non-hydrogen) atoms. The Morgan fingerprint density at radius 1 is 1.26 bits per heavy atom. The van der Waals surface area contributed by atoms with Crippen LogP contribution in [0, 0.1) is 12.7 Å². The van der Waals surface area contributed by atoms with E-state index in [9.17, 15) is 4.39 Å². The molecule has 0 fully saturated rings. The average Bonchev–Trinajstić information content (AvgIpc) is 2.38. The smallest absolute Gasteiger partial charge is 0.132 e. The van der Waals surface area contributed by atoms with Crippen LogP contribution in [0.25, 0.3) is 0 Å². The first-order chi connectivity index (χ1) is 9.11. The fraction of sp³-hybridized carbons (Fsp3) is 0.200. The molecule has 0 aliphatic heterocycles. The van der Waals surface area contributed by atoms with E-state index in [-0.39, 0.29) is 5.82 Å². The highest BCUT2D eigenvalue weighted by Crippen LogP contribution is 2.31. The molecule has 0 saturated carbocycles. The minimum Gasteiger partial charge on any atom is -0.457 e. The van der Waals surface area contributed by atoms with E-state index < -0.39 is 0 Å². The molecule has 0 amide bonds. The molecule has 0 heterocycles. The largest absolute Gasteiger partial charge is 0.457 e. The van der Waals surface area contributed by atoms with Gasteiger partial charge in [0.25, 0.3) is 0 Å². The molecule has 0 unspecified atom stereocenters. The second-order valence-corrected chi connectivity index (χ2v) is 4.68. The summed E-state index contributed by atoms with van der Waals surface area (Å²) in [7, 11) is 0. The van der Waals surface area contributed by atoms with Gasteiger partial charge in [-0.1, -0.05) is 17.7 Å². The summed E-state index contributed by atoms with van der Waals surface area (Å²) in [5, 5.41) is 0.627. The quantitative estimate of drug-likeness (QED) is 0.915. The lowest BCUT2D eigenvalue weighted by atomic mass is 10.1. The van der Waals surface area contributed by atoms with Crippen LogP contribution in [0.15, 0.2) is 36.4 Å². The lowest BCUT2D eigenvalue weighted by Crippen LogP contribution is -2.04. The van der Waals surface area contributed by atoms with Gasteiger partial charge in [0.2, 0.25) is 0 Å². The first-order valence-electron chi connectivity index (χ1n) is 6.03. The van der Waals surface area contributed by atoms with E-state index in [0.29, 0.717) is 35.1 Å². The molecule has 2 N–H and O–H groups in total. The summed E-state index contributed by atoms with van der Waals surface area (Å²) in [5.41, 5.74) is 6.98. The number of hydrogen-bond donors (Lipinski definition) is 1. The van der Waals surface area contributed by atoms with Gasteiger partial charge in [0.15, 0.2) is 0 Å². The monoisotopic (exact) mass is 279 g/mol. The minimum atomic E-state index is -0.249. The Morgan fingerprint density at radius 3 is 2.74 bits per heavy atom. The predicted octanol–water partition coefficient (Wildman–Crippen LogP) is 4.08. The molecule has 0 aromatic heterocycles. The van der Waals surface area contributed by atoms with Gasteiger partial charge in [-0.25, -0.2) is 4.39 Å².